The number of hydrogen-bond donors (Lipinski definition) is 3. The van der Waals surface area contributed by atoms with E-state index in [0.29, 0.717) is 32.0 Å². The molecule has 1 rings (SSSR count). The van der Waals surface area contributed by atoms with Gasteiger partial charge in [-0.05, 0) is 25.5 Å². The van der Waals surface area contributed by atoms with Gasteiger partial charge in [0.2, 0.25) is 10.0 Å². The predicted octanol–water partition coefficient (Wildman–Crippen LogP) is 1.32. The minimum atomic E-state index is -3.14. The third-order valence-electron chi connectivity index (χ3n) is 3.26. The Balaban J connectivity index is 0.00000625. The van der Waals surface area contributed by atoms with Crippen LogP contribution in [0.1, 0.15) is 18.9 Å². The number of ether oxygens (including phenoxy) is 2. The lowest BCUT2D eigenvalue weighted by Gasteiger charge is -2.13. The van der Waals surface area contributed by atoms with Crippen molar-refractivity contribution in [3.05, 3.63) is 23.8 Å². The highest BCUT2D eigenvalue weighted by atomic mass is 127. The number of aliphatic imine (C=N–C) groups is 1. The molecule has 0 saturated carbocycles. The summed E-state index contributed by atoms with van der Waals surface area (Å²) in [6.45, 7) is 4.15. The lowest BCUT2D eigenvalue weighted by molar-refractivity contribution is 0.391. The van der Waals surface area contributed by atoms with Crippen LogP contribution in [0.5, 0.6) is 11.5 Å². The summed E-state index contributed by atoms with van der Waals surface area (Å²) >= 11 is 0. The maximum atomic E-state index is 11.0. The first-order valence-corrected chi connectivity index (χ1v) is 9.96. The van der Waals surface area contributed by atoms with Crippen LogP contribution in [0, 0.1) is 0 Å². The standard InChI is InChI=1S/C16H28N4O4S.HI/c1-5-17-16(18-9-6-10-20-25(4,21)22)19-12-13-7-8-14(23-2)11-15(13)24-3;/h7-8,11,20H,5-6,9-10,12H2,1-4H3,(H2,17,18,19);1H. The molecule has 0 aliphatic rings. The number of nitrogens with zero attached hydrogens (tertiary/aromatic N) is 1. The number of methoxy groups -OCH3 is 2. The van der Waals surface area contributed by atoms with E-state index in [4.69, 9.17) is 9.47 Å². The molecule has 0 spiro atoms. The van der Waals surface area contributed by atoms with Gasteiger partial charge >= 0.3 is 0 Å². The molecule has 1 aromatic carbocycles. The van der Waals surface area contributed by atoms with E-state index in [1.54, 1.807) is 14.2 Å². The lowest BCUT2D eigenvalue weighted by atomic mass is 10.2. The first kappa shape index (κ1) is 24.7. The highest BCUT2D eigenvalue weighted by molar-refractivity contribution is 14.0. The van der Waals surface area contributed by atoms with Gasteiger partial charge in [-0.3, -0.25) is 0 Å². The zero-order chi connectivity index (χ0) is 18.7. The van der Waals surface area contributed by atoms with Crippen molar-refractivity contribution in [3.8, 4) is 11.5 Å². The van der Waals surface area contributed by atoms with Crippen LogP contribution in [0.15, 0.2) is 23.2 Å². The molecule has 0 fully saturated rings. The van der Waals surface area contributed by atoms with Gasteiger partial charge in [0.25, 0.3) is 0 Å². The topological polar surface area (TPSA) is 101 Å². The maximum absolute atomic E-state index is 11.0. The second-order valence-electron chi connectivity index (χ2n) is 5.32. The van der Waals surface area contributed by atoms with E-state index in [0.717, 1.165) is 29.9 Å². The Hall–Kier alpha value is -1.27. The second kappa shape index (κ2) is 13.0. The number of hydrogen-bond acceptors (Lipinski definition) is 5. The van der Waals surface area contributed by atoms with Gasteiger partial charge in [-0.15, -0.1) is 24.0 Å². The summed E-state index contributed by atoms with van der Waals surface area (Å²) in [5.74, 6) is 2.11. The van der Waals surface area contributed by atoms with Crippen molar-refractivity contribution in [1.29, 1.82) is 0 Å². The Morgan fingerprint density at radius 3 is 2.46 bits per heavy atom. The Morgan fingerprint density at radius 2 is 1.88 bits per heavy atom. The van der Waals surface area contributed by atoms with E-state index in [9.17, 15) is 8.42 Å². The van der Waals surface area contributed by atoms with Crippen LogP contribution in [-0.2, 0) is 16.6 Å². The summed E-state index contributed by atoms with van der Waals surface area (Å²) in [5, 5.41) is 6.33. The van der Waals surface area contributed by atoms with E-state index in [1.807, 2.05) is 25.1 Å². The fourth-order valence-corrected chi connectivity index (χ4v) is 2.56. The molecule has 0 atom stereocenters. The molecule has 0 amide bonds. The number of guanidine groups is 1. The van der Waals surface area contributed by atoms with Gasteiger partial charge in [-0.25, -0.2) is 18.1 Å². The molecule has 3 N–H and O–H groups in total. The van der Waals surface area contributed by atoms with Gasteiger partial charge < -0.3 is 20.1 Å². The van der Waals surface area contributed by atoms with Crippen LogP contribution < -0.4 is 24.8 Å². The SMILES string of the molecule is CCNC(=NCc1ccc(OC)cc1OC)NCCCNS(C)(=O)=O.I. The predicted molar refractivity (Wildman–Crippen MR) is 115 cm³/mol. The van der Waals surface area contributed by atoms with Gasteiger partial charge in [0, 0.05) is 31.3 Å². The summed E-state index contributed by atoms with van der Waals surface area (Å²) in [6, 6.07) is 5.60. The van der Waals surface area contributed by atoms with Crippen LogP contribution in [0.2, 0.25) is 0 Å². The third kappa shape index (κ3) is 10.0. The van der Waals surface area contributed by atoms with Crippen molar-refractivity contribution in [3.63, 3.8) is 0 Å². The van der Waals surface area contributed by atoms with Crippen LogP contribution in [0.4, 0.5) is 0 Å². The molecule has 10 heteroatoms. The molecular formula is C16H29IN4O4S. The molecule has 8 nitrogen and oxygen atoms in total. The van der Waals surface area contributed by atoms with E-state index in [2.05, 4.69) is 20.3 Å². The smallest absolute Gasteiger partial charge is 0.208 e. The van der Waals surface area contributed by atoms with Crippen LogP contribution in [0.3, 0.4) is 0 Å². The van der Waals surface area contributed by atoms with Crippen LogP contribution in [-0.4, -0.2) is 54.5 Å². The first-order valence-electron chi connectivity index (χ1n) is 8.07. The number of nitrogens with one attached hydrogen (secondary N) is 3. The van der Waals surface area contributed by atoms with Crippen molar-refractivity contribution >= 4 is 40.0 Å². The highest BCUT2D eigenvalue weighted by Gasteiger charge is 2.05. The molecule has 26 heavy (non-hydrogen) atoms. The lowest BCUT2D eigenvalue weighted by Crippen LogP contribution is -2.38. The molecule has 0 radical (unpaired) electrons. The number of sulfonamides is 1. The maximum Gasteiger partial charge on any atom is 0.208 e. The molecule has 150 valence electrons. The van der Waals surface area contributed by atoms with Gasteiger partial charge in [-0.1, -0.05) is 0 Å². The largest absolute Gasteiger partial charge is 0.497 e. The normalized spacial score (nSPS) is 11.5. The van der Waals surface area contributed by atoms with E-state index < -0.39 is 10.0 Å². The van der Waals surface area contributed by atoms with E-state index in [1.165, 1.54) is 0 Å². The Labute approximate surface area is 173 Å². The van der Waals surface area contributed by atoms with Crippen LogP contribution >= 0.6 is 24.0 Å². The van der Waals surface area contributed by atoms with Crippen molar-refractivity contribution in [2.75, 3.05) is 40.1 Å². The van der Waals surface area contributed by atoms with Crippen molar-refractivity contribution in [2.45, 2.75) is 19.9 Å². The van der Waals surface area contributed by atoms with Crippen molar-refractivity contribution in [1.82, 2.24) is 15.4 Å². The van der Waals surface area contributed by atoms with Crippen LogP contribution in [0.25, 0.3) is 0 Å². The number of rotatable bonds is 10. The zero-order valence-corrected chi connectivity index (χ0v) is 18.8. The minimum Gasteiger partial charge on any atom is -0.497 e. The van der Waals surface area contributed by atoms with Gasteiger partial charge in [0.1, 0.15) is 11.5 Å². The fourth-order valence-electron chi connectivity index (χ4n) is 2.04. The quantitative estimate of drug-likeness (QED) is 0.194. The van der Waals surface area contributed by atoms with Gasteiger partial charge in [0.05, 0.1) is 27.0 Å². The van der Waals surface area contributed by atoms with Crippen molar-refractivity contribution in [2.24, 2.45) is 4.99 Å². The van der Waals surface area contributed by atoms with Gasteiger partial charge in [0.15, 0.2) is 5.96 Å². The monoisotopic (exact) mass is 500 g/mol. The Morgan fingerprint density at radius 1 is 1.15 bits per heavy atom. The van der Waals surface area contributed by atoms with Gasteiger partial charge in [-0.2, -0.15) is 0 Å². The number of benzene rings is 1. The summed E-state index contributed by atoms with van der Waals surface area (Å²) in [6.07, 6.45) is 1.80. The fraction of sp³-hybridized carbons (Fsp3) is 0.562. The summed E-state index contributed by atoms with van der Waals surface area (Å²) in [4.78, 5) is 4.53. The average molecular weight is 500 g/mol. The minimum absolute atomic E-state index is 0. The second-order valence-corrected chi connectivity index (χ2v) is 7.15. The molecule has 0 saturated heterocycles. The third-order valence-corrected chi connectivity index (χ3v) is 3.98. The van der Waals surface area contributed by atoms with Crippen molar-refractivity contribution < 1.29 is 17.9 Å². The number of halogens is 1. The molecule has 0 heterocycles. The molecular weight excluding hydrogens is 471 g/mol. The molecule has 0 aliphatic carbocycles. The zero-order valence-electron chi connectivity index (χ0n) is 15.7. The Kier molecular flexibility index (Phi) is 12.3. The Bertz CT molecular complexity index is 668. The molecule has 0 unspecified atom stereocenters. The van der Waals surface area contributed by atoms with E-state index in [-0.39, 0.29) is 24.0 Å². The molecule has 0 aliphatic heterocycles. The average Bonchev–Trinajstić information content (AvgIpc) is 2.58. The molecule has 0 bridgehead atoms. The van der Waals surface area contributed by atoms with E-state index >= 15 is 0 Å². The molecule has 0 aromatic heterocycles. The molecule has 1 aromatic rings. The first-order chi connectivity index (χ1) is 11.9. The summed E-state index contributed by atoms with van der Waals surface area (Å²) < 4.78 is 35.0. The highest BCUT2D eigenvalue weighted by Crippen LogP contribution is 2.25. The summed E-state index contributed by atoms with van der Waals surface area (Å²) in [7, 11) is 0.0783. The summed E-state index contributed by atoms with van der Waals surface area (Å²) in [5.41, 5.74) is 0.944.